The van der Waals surface area contributed by atoms with Crippen LogP contribution in [0.4, 0.5) is 5.69 Å². The smallest absolute Gasteiger partial charge is 0.182 e. The number of fused-ring (bicyclic) bond motifs is 1. The number of hydrogen-bond acceptors (Lipinski definition) is 5. The molecule has 0 radical (unpaired) electrons. The molecule has 3 aromatic rings. The van der Waals surface area contributed by atoms with Gasteiger partial charge in [-0.05, 0) is 42.7 Å². The van der Waals surface area contributed by atoms with Crippen molar-refractivity contribution in [3.05, 3.63) is 41.6 Å². The summed E-state index contributed by atoms with van der Waals surface area (Å²) in [5.41, 5.74) is 6.51. The minimum absolute atomic E-state index is 0.488. The van der Waals surface area contributed by atoms with E-state index in [1.165, 1.54) is 18.5 Å². The van der Waals surface area contributed by atoms with Gasteiger partial charge in [-0.2, -0.15) is 5.10 Å². The summed E-state index contributed by atoms with van der Waals surface area (Å²) >= 11 is 0. The number of ether oxygens (including phenoxy) is 4. The molecule has 0 aliphatic carbocycles. The van der Waals surface area contributed by atoms with Gasteiger partial charge in [0.2, 0.25) is 0 Å². The number of hydrogen-bond donors (Lipinski definition) is 0. The third-order valence-corrected chi connectivity index (χ3v) is 7.65. The minimum atomic E-state index is 0.488. The largest absolute Gasteiger partial charge is 0.496 e. The van der Waals surface area contributed by atoms with E-state index in [1.807, 2.05) is 12.1 Å². The zero-order valence-electron chi connectivity index (χ0n) is 22.8. The van der Waals surface area contributed by atoms with Gasteiger partial charge in [-0.3, -0.25) is 4.48 Å². The van der Waals surface area contributed by atoms with Gasteiger partial charge in [-0.25, -0.2) is 4.52 Å². The Labute approximate surface area is 215 Å². The second-order valence-electron chi connectivity index (χ2n) is 9.85. The molecule has 0 amide bonds. The zero-order valence-corrected chi connectivity index (χ0v) is 22.8. The van der Waals surface area contributed by atoms with Crippen molar-refractivity contribution in [2.24, 2.45) is 0 Å². The number of rotatable bonds is 11. The molecule has 4 rings (SSSR count). The van der Waals surface area contributed by atoms with E-state index < -0.39 is 0 Å². The maximum absolute atomic E-state index is 5.86. The average molecular weight is 497 g/mol. The van der Waals surface area contributed by atoms with E-state index in [9.17, 15) is 0 Å². The molecular formula is C29H42N3O4+. The van der Waals surface area contributed by atoms with Crippen molar-refractivity contribution in [3.63, 3.8) is 0 Å². The lowest BCUT2D eigenvalue weighted by atomic mass is 10.0. The number of aromatic nitrogens is 2. The van der Waals surface area contributed by atoms with Crippen LogP contribution >= 0.6 is 0 Å². The van der Waals surface area contributed by atoms with Crippen LogP contribution in [0.3, 0.4) is 0 Å². The summed E-state index contributed by atoms with van der Waals surface area (Å²) in [6.45, 7) is 7.73. The van der Waals surface area contributed by atoms with Crippen molar-refractivity contribution in [3.8, 4) is 22.8 Å². The number of aryl methyl sites for hydroxylation is 1. The van der Waals surface area contributed by atoms with Crippen molar-refractivity contribution in [1.82, 2.24) is 14.1 Å². The van der Waals surface area contributed by atoms with Gasteiger partial charge < -0.3 is 18.9 Å². The normalized spacial score (nSPS) is 16.3. The first-order valence-electron chi connectivity index (χ1n) is 13.2. The molecule has 36 heavy (non-hydrogen) atoms. The lowest BCUT2D eigenvalue weighted by Crippen LogP contribution is -2.56. The fourth-order valence-corrected chi connectivity index (χ4v) is 5.78. The van der Waals surface area contributed by atoms with E-state index in [-0.39, 0.29) is 0 Å². The van der Waals surface area contributed by atoms with Crippen LogP contribution in [0.2, 0.25) is 0 Å². The highest BCUT2D eigenvalue weighted by Gasteiger charge is 2.40. The second kappa shape index (κ2) is 11.6. The summed E-state index contributed by atoms with van der Waals surface area (Å²) in [7, 11) is 7.50. The zero-order chi connectivity index (χ0) is 25.7. The Balaban J connectivity index is 1.95. The van der Waals surface area contributed by atoms with Gasteiger partial charge in [0.1, 0.15) is 22.7 Å². The monoisotopic (exact) mass is 496 g/mol. The summed E-state index contributed by atoms with van der Waals surface area (Å²) in [5.74, 6) is 1.49. The van der Waals surface area contributed by atoms with Gasteiger partial charge in [0.15, 0.2) is 5.69 Å². The summed E-state index contributed by atoms with van der Waals surface area (Å²) < 4.78 is 25.8. The Bertz CT molecular complexity index is 1140. The van der Waals surface area contributed by atoms with E-state index in [4.69, 9.17) is 24.0 Å². The van der Waals surface area contributed by atoms with Crippen LogP contribution in [-0.2, 0) is 22.5 Å². The SMILES string of the molecule is CCCC[N+](C)(c1c(CC)nn2c(-c3c(OC)cc(COC)cc3OC)cccc12)C1CCOCC1. The maximum Gasteiger partial charge on any atom is 0.182 e. The lowest BCUT2D eigenvalue weighted by Gasteiger charge is -2.43. The molecule has 0 saturated carbocycles. The molecule has 1 aliphatic heterocycles. The van der Waals surface area contributed by atoms with E-state index in [0.717, 1.165) is 83.0 Å². The molecule has 7 nitrogen and oxygen atoms in total. The number of benzene rings is 1. The number of methoxy groups -OCH3 is 3. The molecule has 1 atom stereocenters. The van der Waals surface area contributed by atoms with Crippen molar-refractivity contribution in [2.75, 3.05) is 48.1 Å². The molecule has 0 N–H and O–H groups in total. The molecule has 0 spiro atoms. The van der Waals surface area contributed by atoms with Crippen LogP contribution in [0.1, 0.15) is 50.8 Å². The molecule has 3 heterocycles. The van der Waals surface area contributed by atoms with Gasteiger partial charge in [0.25, 0.3) is 0 Å². The predicted molar refractivity (Wildman–Crippen MR) is 145 cm³/mol. The fourth-order valence-electron chi connectivity index (χ4n) is 5.78. The summed E-state index contributed by atoms with van der Waals surface area (Å²) in [6, 6.07) is 11.0. The molecule has 196 valence electrons. The Morgan fingerprint density at radius 1 is 1.06 bits per heavy atom. The molecule has 1 unspecified atom stereocenters. The summed E-state index contributed by atoms with van der Waals surface area (Å²) in [4.78, 5) is 0. The van der Waals surface area contributed by atoms with E-state index in [1.54, 1.807) is 21.3 Å². The predicted octanol–water partition coefficient (Wildman–Crippen LogP) is 5.64. The first-order valence-corrected chi connectivity index (χ1v) is 13.2. The van der Waals surface area contributed by atoms with Crippen molar-refractivity contribution in [2.45, 2.75) is 58.6 Å². The Kier molecular flexibility index (Phi) is 8.54. The maximum atomic E-state index is 5.86. The van der Waals surface area contributed by atoms with Crippen LogP contribution in [0.15, 0.2) is 30.3 Å². The molecule has 1 aromatic carbocycles. The average Bonchev–Trinajstić information content (AvgIpc) is 3.31. The van der Waals surface area contributed by atoms with Crippen LogP contribution in [-0.4, -0.2) is 63.8 Å². The molecule has 1 fully saturated rings. The lowest BCUT2D eigenvalue weighted by molar-refractivity contribution is 0.0445. The Hall–Kier alpha value is -2.61. The minimum Gasteiger partial charge on any atom is -0.496 e. The fraction of sp³-hybridized carbons (Fsp3) is 0.552. The number of unbranched alkanes of at least 4 members (excludes halogenated alkanes) is 1. The first-order chi connectivity index (χ1) is 17.5. The van der Waals surface area contributed by atoms with E-state index >= 15 is 0 Å². The van der Waals surface area contributed by atoms with E-state index in [0.29, 0.717) is 12.6 Å². The van der Waals surface area contributed by atoms with Crippen LogP contribution in [0.25, 0.3) is 16.8 Å². The van der Waals surface area contributed by atoms with Crippen LogP contribution in [0, 0.1) is 0 Å². The Morgan fingerprint density at radius 3 is 2.33 bits per heavy atom. The van der Waals surface area contributed by atoms with Gasteiger partial charge in [-0.15, -0.1) is 0 Å². The molecule has 2 aromatic heterocycles. The summed E-state index contributed by atoms with van der Waals surface area (Å²) in [6.07, 6.45) is 5.37. The van der Waals surface area contributed by atoms with Crippen LogP contribution in [0.5, 0.6) is 11.5 Å². The standard InChI is InChI=1S/C29H42N3O4/c1-7-9-15-32(3,22-13-16-36-17-14-22)29-23(8-2)30-31-24(11-10-12-25(29)31)28-26(34-5)18-21(20-33-4)19-27(28)35-6/h10-12,18-19,22H,7-9,13-17,20H2,1-6H3/q+1. The quantitative estimate of drug-likeness (QED) is 0.322. The third-order valence-electron chi connectivity index (χ3n) is 7.65. The topological polar surface area (TPSA) is 54.2 Å². The van der Waals surface area contributed by atoms with Gasteiger partial charge in [0.05, 0.1) is 64.9 Å². The second-order valence-corrected chi connectivity index (χ2v) is 9.85. The van der Waals surface area contributed by atoms with Crippen molar-refractivity contribution in [1.29, 1.82) is 0 Å². The number of quaternary nitrogens is 1. The molecular weight excluding hydrogens is 454 g/mol. The first kappa shape index (κ1) is 26.5. The number of nitrogens with zero attached hydrogens (tertiary/aromatic N) is 3. The molecule has 1 saturated heterocycles. The highest BCUT2D eigenvalue weighted by molar-refractivity contribution is 5.82. The highest BCUT2D eigenvalue weighted by Crippen LogP contribution is 2.43. The van der Waals surface area contributed by atoms with Crippen LogP contribution < -0.4 is 14.0 Å². The summed E-state index contributed by atoms with van der Waals surface area (Å²) in [5, 5.41) is 5.22. The molecule has 7 heteroatoms. The van der Waals surface area contributed by atoms with E-state index in [2.05, 4.69) is 43.6 Å². The highest BCUT2D eigenvalue weighted by atomic mass is 16.5. The van der Waals surface area contributed by atoms with Gasteiger partial charge in [-0.1, -0.05) is 26.3 Å². The third kappa shape index (κ3) is 4.84. The van der Waals surface area contributed by atoms with Gasteiger partial charge >= 0.3 is 0 Å². The Morgan fingerprint density at radius 2 is 1.75 bits per heavy atom. The molecule has 0 bridgehead atoms. The van der Waals surface area contributed by atoms with Gasteiger partial charge in [0, 0.05) is 20.0 Å². The van der Waals surface area contributed by atoms with Crippen molar-refractivity contribution >= 4 is 11.2 Å². The molecule has 1 aliphatic rings. The number of pyridine rings is 1. The van der Waals surface area contributed by atoms with Crippen molar-refractivity contribution < 1.29 is 18.9 Å².